The number of ether oxygens (including phenoxy) is 6. The number of rotatable bonds is 13. The summed E-state index contributed by atoms with van der Waals surface area (Å²) in [7, 11) is 1.54. The van der Waals surface area contributed by atoms with Crippen LogP contribution in [0.5, 0.6) is 28.7 Å². The molecule has 0 unspecified atom stereocenters. The van der Waals surface area contributed by atoms with Crippen molar-refractivity contribution >= 4 is 0 Å². The summed E-state index contributed by atoms with van der Waals surface area (Å²) in [4.78, 5) is 0. The fraction of sp³-hybridized carbons (Fsp3) is 0.0769. The standard InChI is InChI=1S/C39H32O6/c1-40-38(41-33-17-7-2-8-18-33,42-34-19-9-3-10-20-34)31-27-29-32(30-28-31)39(43-35-21-11-4-12-22-35,44-36-23-13-5-14-24-36)45-37-25-15-6-16-26-37/h2-30H,1H3. The molecule has 0 fully saturated rings. The Kier molecular flexibility index (Phi) is 8.95. The van der Waals surface area contributed by atoms with E-state index in [0.29, 0.717) is 39.9 Å². The van der Waals surface area contributed by atoms with E-state index in [4.69, 9.17) is 28.4 Å². The largest absolute Gasteiger partial charge is 0.447 e. The molecule has 0 N–H and O–H groups in total. The molecule has 0 saturated heterocycles. The van der Waals surface area contributed by atoms with E-state index in [-0.39, 0.29) is 0 Å². The van der Waals surface area contributed by atoms with Gasteiger partial charge in [0.15, 0.2) is 0 Å². The van der Waals surface area contributed by atoms with Crippen LogP contribution in [0.25, 0.3) is 0 Å². The van der Waals surface area contributed by atoms with Crippen LogP contribution in [0.2, 0.25) is 0 Å². The van der Waals surface area contributed by atoms with Gasteiger partial charge in [-0.25, -0.2) is 0 Å². The lowest BCUT2D eigenvalue weighted by molar-refractivity contribution is -0.300. The highest BCUT2D eigenvalue weighted by molar-refractivity contribution is 5.35. The fourth-order valence-corrected chi connectivity index (χ4v) is 4.68. The third kappa shape index (κ3) is 7.09. The van der Waals surface area contributed by atoms with Crippen LogP contribution >= 0.6 is 0 Å². The molecule has 0 saturated carbocycles. The lowest BCUT2D eigenvalue weighted by Gasteiger charge is -2.35. The molecule has 0 amide bonds. The van der Waals surface area contributed by atoms with Crippen LogP contribution in [-0.4, -0.2) is 7.11 Å². The van der Waals surface area contributed by atoms with Gasteiger partial charge in [0.25, 0.3) is 0 Å². The van der Waals surface area contributed by atoms with Gasteiger partial charge in [-0.3, -0.25) is 0 Å². The number of hydrogen-bond acceptors (Lipinski definition) is 6. The van der Waals surface area contributed by atoms with E-state index in [9.17, 15) is 0 Å². The van der Waals surface area contributed by atoms with Gasteiger partial charge >= 0.3 is 11.9 Å². The number of hydrogen-bond donors (Lipinski definition) is 0. The highest BCUT2D eigenvalue weighted by Gasteiger charge is 2.44. The second-order valence-electron chi connectivity index (χ2n) is 9.97. The predicted octanol–water partition coefficient (Wildman–Crippen LogP) is 8.95. The summed E-state index contributed by atoms with van der Waals surface area (Å²) < 4.78 is 38.6. The Balaban J connectivity index is 1.45. The van der Waals surface area contributed by atoms with Crippen molar-refractivity contribution in [3.8, 4) is 28.7 Å². The molecule has 6 aromatic rings. The summed E-state index contributed by atoms with van der Waals surface area (Å²) in [5, 5.41) is 0. The molecule has 0 atom stereocenters. The average molecular weight is 597 g/mol. The monoisotopic (exact) mass is 596 g/mol. The smallest absolute Gasteiger partial charge is 0.426 e. The molecule has 45 heavy (non-hydrogen) atoms. The fourth-order valence-electron chi connectivity index (χ4n) is 4.68. The molecule has 0 aromatic heterocycles. The molecule has 0 radical (unpaired) electrons. The number of para-hydroxylation sites is 5. The Bertz CT molecular complexity index is 1590. The summed E-state index contributed by atoms with van der Waals surface area (Å²) >= 11 is 0. The first-order valence-corrected chi connectivity index (χ1v) is 14.5. The highest BCUT2D eigenvalue weighted by Crippen LogP contribution is 2.37. The lowest BCUT2D eigenvalue weighted by Crippen LogP contribution is -2.46. The second kappa shape index (κ2) is 13.7. The number of methoxy groups -OCH3 is 1. The minimum atomic E-state index is -1.72. The normalized spacial score (nSPS) is 11.3. The minimum Gasteiger partial charge on any atom is -0.426 e. The molecular formula is C39H32O6. The van der Waals surface area contributed by atoms with Crippen LogP contribution in [0.4, 0.5) is 0 Å². The van der Waals surface area contributed by atoms with Crippen LogP contribution in [0, 0.1) is 0 Å². The maximum atomic E-state index is 6.60. The van der Waals surface area contributed by atoms with Crippen molar-refractivity contribution in [2.24, 2.45) is 0 Å². The highest BCUT2D eigenvalue weighted by atomic mass is 16.9. The van der Waals surface area contributed by atoms with E-state index in [1.54, 1.807) is 7.11 Å². The first kappa shape index (κ1) is 29.4. The number of benzene rings is 6. The third-order valence-electron chi connectivity index (χ3n) is 6.84. The predicted molar refractivity (Wildman–Crippen MR) is 172 cm³/mol. The molecule has 224 valence electrons. The van der Waals surface area contributed by atoms with Crippen molar-refractivity contribution in [2.75, 3.05) is 7.11 Å². The van der Waals surface area contributed by atoms with Crippen LogP contribution < -0.4 is 23.7 Å². The maximum absolute atomic E-state index is 6.60. The topological polar surface area (TPSA) is 55.4 Å². The quantitative estimate of drug-likeness (QED) is 0.124. The van der Waals surface area contributed by atoms with Crippen molar-refractivity contribution in [1.29, 1.82) is 0 Å². The Labute approximate surface area is 262 Å². The van der Waals surface area contributed by atoms with Crippen LogP contribution in [0.3, 0.4) is 0 Å². The molecule has 6 heteroatoms. The third-order valence-corrected chi connectivity index (χ3v) is 6.84. The molecule has 0 heterocycles. The zero-order valence-electron chi connectivity index (χ0n) is 24.7. The van der Waals surface area contributed by atoms with Crippen molar-refractivity contribution in [3.63, 3.8) is 0 Å². The van der Waals surface area contributed by atoms with E-state index < -0.39 is 11.9 Å². The lowest BCUT2D eigenvalue weighted by atomic mass is 10.1. The van der Waals surface area contributed by atoms with E-state index >= 15 is 0 Å². The van der Waals surface area contributed by atoms with Gasteiger partial charge in [-0.05, 0) is 84.9 Å². The Morgan fingerprint density at radius 1 is 0.289 bits per heavy atom. The summed E-state index contributed by atoms with van der Waals surface area (Å²) in [6.45, 7) is 0. The van der Waals surface area contributed by atoms with Crippen molar-refractivity contribution < 1.29 is 28.4 Å². The maximum Gasteiger partial charge on any atom is 0.447 e. The summed E-state index contributed by atoms with van der Waals surface area (Å²) in [6.07, 6.45) is 0. The zero-order valence-corrected chi connectivity index (χ0v) is 24.7. The van der Waals surface area contributed by atoms with Gasteiger partial charge in [0.2, 0.25) is 0 Å². The molecule has 0 aliphatic heterocycles. The Morgan fingerprint density at radius 2 is 0.511 bits per heavy atom. The average Bonchev–Trinajstić information content (AvgIpc) is 3.10. The van der Waals surface area contributed by atoms with Crippen LogP contribution in [-0.2, 0) is 16.7 Å². The Morgan fingerprint density at radius 3 is 0.756 bits per heavy atom. The SMILES string of the molecule is COC(Oc1ccccc1)(Oc1ccccc1)c1ccc(C(Oc2ccccc2)(Oc2ccccc2)Oc2ccccc2)cc1. The molecule has 0 bridgehead atoms. The molecule has 0 spiro atoms. The molecule has 6 nitrogen and oxygen atoms in total. The van der Waals surface area contributed by atoms with Crippen LogP contribution in [0.15, 0.2) is 176 Å². The first-order chi connectivity index (χ1) is 22.2. The van der Waals surface area contributed by atoms with Gasteiger partial charge in [0, 0.05) is 7.11 Å². The zero-order chi connectivity index (χ0) is 30.8. The molecule has 6 rings (SSSR count). The summed E-state index contributed by atoms with van der Waals surface area (Å²) in [5.41, 5.74) is 1.17. The summed E-state index contributed by atoms with van der Waals surface area (Å²) in [5.74, 6) is -0.538. The van der Waals surface area contributed by atoms with Gasteiger partial charge in [0.05, 0.1) is 11.1 Å². The second-order valence-corrected chi connectivity index (χ2v) is 9.97. The molecular weight excluding hydrogens is 564 g/mol. The van der Waals surface area contributed by atoms with Gasteiger partial charge < -0.3 is 28.4 Å². The summed E-state index contributed by atoms with van der Waals surface area (Å²) in [6, 6.07) is 54.4. The van der Waals surface area contributed by atoms with E-state index in [0.717, 1.165) is 0 Å². The molecule has 6 aromatic carbocycles. The Hall–Kier alpha value is -5.72. The van der Waals surface area contributed by atoms with Crippen molar-refractivity contribution in [3.05, 3.63) is 187 Å². The van der Waals surface area contributed by atoms with E-state index in [1.165, 1.54) is 0 Å². The van der Waals surface area contributed by atoms with Gasteiger partial charge in [-0.2, -0.15) is 0 Å². The van der Waals surface area contributed by atoms with E-state index in [2.05, 4.69) is 0 Å². The minimum absolute atomic E-state index is 0.555. The molecule has 0 aliphatic carbocycles. The van der Waals surface area contributed by atoms with E-state index in [1.807, 2.05) is 176 Å². The van der Waals surface area contributed by atoms with Crippen molar-refractivity contribution in [1.82, 2.24) is 0 Å². The van der Waals surface area contributed by atoms with Gasteiger partial charge in [-0.15, -0.1) is 0 Å². The van der Waals surface area contributed by atoms with Crippen molar-refractivity contribution in [2.45, 2.75) is 11.9 Å². The van der Waals surface area contributed by atoms with Gasteiger partial charge in [0.1, 0.15) is 28.7 Å². The molecule has 0 aliphatic rings. The first-order valence-electron chi connectivity index (χ1n) is 14.5. The van der Waals surface area contributed by atoms with Crippen LogP contribution in [0.1, 0.15) is 11.1 Å². The van der Waals surface area contributed by atoms with Gasteiger partial charge in [-0.1, -0.05) is 91.0 Å².